The molecule has 0 fully saturated rings. The molecule has 0 aromatic heterocycles. The molecule has 1 aliphatic rings. The van der Waals surface area contributed by atoms with E-state index in [2.05, 4.69) is 5.32 Å². The number of nitrogens with zero attached hydrogens (tertiary/aromatic N) is 2. The lowest BCUT2D eigenvalue weighted by atomic mass is 10.1. The summed E-state index contributed by atoms with van der Waals surface area (Å²) >= 11 is 0. The predicted molar refractivity (Wildman–Crippen MR) is 109 cm³/mol. The van der Waals surface area contributed by atoms with Gasteiger partial charge in [-0.25, -0.2) is 4.90 Å². The van der Waals surface area contributed by atoms with Gasteiger partial charge in [-0.3, -0.25) is 14.4 Å². The van der Waals surface area contributed by atoms with Crippen LogP contribution < -0.4 is 15.0 Å². The number of halogens is 3. The van der Waals surface area contributed by atoms with Crippen molar-refractivity contribution in [2.45, 2.75) is 18.7 Å². The smallest absolute Gasteiger partial charge is 0.417 e. The van der Waals surface area contributed by atoms with E-state index in [0.717, 1.165) is 36.1 Å². The molecular formula is C22H16F3N3O5. The number of alkyl halides is 3. The van der Waals surface area contributed by atoms with Crippen molar-refractivity contribution in [3.05, 3.63) is 65.7 Å². The van der Waals surface area contributed by atoms with Crippen LogP contribution in [0.3, 0.4) is 0 Å². The molecule has 1 atom stereocenters. The first-order chi connectivity index (χ1) is 15.4. The highest BCUT2D eigenvalue weighted by molar-refractivity contribution is 6.28. The van der Waals surface area contributed by atoms with Crippen molar-refractivity contribution < 1.29 is 37.4 Å². The second-order valence-electron chi connectivity index (χ2n) is 7.23. The van der Waals surface area contributed by atoms with Gasteiger partial charge in [0.15, 0.2) is 5.60 Å². The minimum absolute atomic E-state index is 0.205. The molecule has 0 spiro atoms. The van der Waals surface area contributed by atoms with E-state index in [0.29, 0.717) is 11.8 Å². The summed E-state index contributed by atoms with van der Waals surface area (Å²) in [5.41, 5.74) is -3.91. The van der Waals surface area contributed by atoms with E-state index in [9.17, 15) is 32.7 Å². The summed E-state index contributed by atoms with van der Waals surface area (Å²) in [4.78, 5) is 36.7. The molecule has 0 saturated carbocycles. The highest BCUT2D eigenvalue weighted by Crippen LogP contribution is 2.33. The highest BCUT2D eigenvalue weighted by atomic mass is 19.4. The summed E-state index contributed by atoms with van der Waals surface area (Å²) in [5.74, 6) is -1.82. The molecule has 0 aliphatic carbocycles. The van der Waals surface area contributed by atoms with Crippen LogP contribution in [-0.4, -0.2) is 35.0 Å². The van der Waals surface area contributed by atoms with Gasteiger partial charge in [0, 0.05) is 17.8 Å². The number of aliphatic hydroxyl groups is 1. The summed E-state index contributed by atoms with van der Waals surface area (Å²) in [6.07, 6.45) is -2.54. The van der Waals surface area contributed by atoms with Gasteiger partial charge < -0.3 is 15.2 Å². The van der Waals surface area contributed by atoms with Crippen molar-refractivity contribution >= 4 is 29.1 Å². The molecule has 3 amide bonds. The number of hydrogen-bond donors (Lipinski definition) is 2. The van der Waals surface area contributed by atoms with Crippen LogP contribution in [0.25, 0.3) is 0 Å². The summed E-state index contributed by atoms with van der Waals surface area (Å²) in [6.45, 7) is 0.558. The molecule has 2 aromatic rings. The monoisotopic (exact) mass is 459 g/mol. The van der Waals surface area contributed by atoms with Gasteiger partial charge in [0.25, 0.3) is 17.7 Å². The first-order valence-corrected chi connectivity index (χ1v) is 9.36. The largest absolute Gasteiger partial charge is 0.490 e. The number of rotatable bonds is 6. The van der Waals surface area contributed by atoms with Gasteiger partial charge in [0.1, 0.15) is 12.4 Å². The van der Waals surface area contributed by atoms with Crippen molar-refractivity contribution in [1.82, 2.24) is 0 Å². The van der Waals surface area contributed by atoms with Crippen LogP contribution in [0.4, 0.5) is 24.5 Å². The maximum atomic E-state index is 13.1. The number of amides is 3. The van der Waals surface area contributed by atoms with E-state index in [1.54, 1.807) is 0 Å². The van der Waals surface area contributed by atoms with Crippen LogP contribution >= 0.6 is 0 Å². The van der Waals surface area contributed by atoms with Gasteiger partial charge in [-0.05, 0) is 49.4 Å². The minimum atomic E-state index is -4.80. The van der Waals surface area contributed by atoms with Crippen molar-refractivity contribution in [2.24, 2.45) is 0 Å². The zero-order valence-corrected chi connectivity index (χ0v) is 17.0. The van der Waals surface area contributed by atoms with Crippen molar-refractivity contribution in [1.29, 1.82) is 5.26 Å². The number of nitrogens with one attached hydrogen (secondary N) is 1. The van der Waals surface area contributed by atoms with Crippen molar-refractivity contribution in [2.75, 3.05) is 16.8 Å². The van der Waals surface area contributed by atoms with E-state index in [1.165, 1.54) is 30.3 Å². The van der Waals surface area contributed by atoms with Gasteiger partial charge in [-0.15, -0.1) is 0 Å². The zero-order chi connectivity index (χ0) is 24.4. The fourth-order valence-corrected chi connectivity index (χ4v) is 2.86. The molecule has 3 rings (SSSR count). The van der Waals surface area contributed by atoms with Gasteiger partial charge in [-0.1, -0.05) is 0 Å². The molecule has 8 nitrogen and oxygen atoms in total. The quantitative estimate of drug-likeness (QED) is 0.641. The molecular weight excluding hydrogens is 443 g/mol. The number of benzene rings is 2. The number of nitriles is 1. The summed E-state index contributed by atoms with van der Waals surface area (Å²) in [7, 11) is 0. The Hall–Kier alpha value is -4.17. The van der Waals surface area contributed by atoms with Crippen LogP contribution in [0, 0.1) is 11.3 Å². The minimum Gasteiger partial charge on any atom is -0.490 e. The highest BCUT2D eigenvalue weighted by Gasteiger charge is 2.35. The van der Waals surface area contributed by atoms with Gasteiger partial charge in [0.2, 0.25) is 0 Å². The van der Waals surface area contributed by atoms with Crippen LogP contribution in [0.5, 0.6) is 5.75 Å². The van der Waals surface area contributed by atoms with E-state index in [4.69, 9.17) is 10.00 Å². The molecule has 11 heteroatoms. The number of ether oxygens (including phenoxy) is 1. The maximum absolute atomic E-state index is 13.1. The lowest BCUT2D eigenvalue weighted by Gasteiger charge is -2.23. The third-order valence-electron chi connectivity index (χ3n) is 4.62. The molecule has 170 valence electrons. The first kappa shape index (κ1) is 23.5. The Morgan fingerprint density at radius 1 is 1.12 bits per heavy atom. The number of imide groups is 1. The maximum Gasteiger partial charge on any atom is 0.417 e. The van der Waals surface area contributed by atoms with Crippen LogP contribution in [0.15, 0.2) is 54.6 Å². The Morgan fingerprint density at radius 3 is 2.27 bits per heavy atom. The third-order valence-corrected chi connectivity index (χ3v) is 4.62. The number of carbonyl (C=O) groups is 3. The lowest BCUT2D eigenvalue weighted by molar-refractivity contribution is -0.138. The zero-order valence-electron chi connectivity index (χ0n) is 17.0. The SMILES string of the molecule is C[C@](O)(COc1ccc(N2C(=O)C=CC2=O)cc1)C(=O)Nc1ccc(C#N)c(C(F)(F)F)c1. The van der Waals surface area contributed by atoms with Crippen molar-refractivity contribution in [3.63, 3.8) is 0 Å². The summed E-state index contributed by atoms with van der Waals surface area (Å²) in [5, 5.41) is 21.4. The molecule has 33 heavy (non-hydrogen) atoms. The van der Waals surface area contributed by atoms with Crippen molar-refractivity contribution in [3.8, 4) is 11.8 Å². The molecule has 0 saturated heterocycles. The molecule has 1 heterocycles. The molecule has 1 aliphatic heterocycles. The molecule has 0 radical (unpaired) electrons. The summed E-state index contributed by atoms with van der Waals surface area (Å²) in [6, 6.07) is 9.75. The number of carbonyl (C=O) groups excluding carboxylic acids is 3. The Morgan fingerprint density at radius 2 is 1.73 bits per heavy atom. The number of hydrogen-bond acceptors (Lipinski definition) is 6. The first-order valence-electron chi connectivity index (χ1n) is 9.36. The van der Waals surface area contributed by atoms with E-state index < -0.39 is 47.2 Å². The molecule has 0 bridgehead atoms. The molecule has 0 unspecified atom stereocenters. The lowest BCUT2D eigenvalue weighted by Crippen LogP contribution is -2.45. The predicted octanol–water partition coefficient (Wildman–Crippen LogP) is 2.77. The normalized spacial score (nSPS) is 15.2. The second kappa shape index (κ2) is 8.76. The average Bonchev–Trinajstić information content (AvgIpc) is 3.10. The van der Waals surface area contributed by atoms with E-state index >= 15 is 0 Å². The van der Waals surface area contributed by atoms with E-state index in [1.807, 2.05) is 0 Å². The standard InChI is InChI=1S/C22H16F3N3O5/c1-21(32,20(31)27-14-3-2-13(11-26)17(10-14)22(23,24)25)12-33-16-6-4-15(5-7-16)28-18(29)8-9-19(28)30/h2-10,32H,12H2,1H3,(H,27,31)/t21-/m0/s1. The molecule has 2 aromatic carbocycles. The molecule has 2 N–H and O–H groups in total. The van der Waals surface area contributed by atoms with Gasteiger partial charge >= 0.3 is 6.18 Å². The summed E-state index contributed by atoms with van der Waals surface area (Å²) < 4.78 is 44.6. The van der Waals surface area contributed by atoms with E-state index in [-0.39, 0.29) is 11.4 Å². The third kappa shape index (κ3) is 5.19. The van der Waals surface area contributed by atoms with Crippen LogP contribution in [0.2, 0.25) is 0 Å². The fourth-order valence-electron chi connectivity index (χ4n) is 2.86. The van der Waals surface area contributed by atoms with Gasteiger partial charge in [0.05, 0.1) is 22.9 Å². The Labute approximate surface area is 185 Å². The fraction of sp³-hybridized carbons (Fsp3) is 0.182. The average molecular weight is 459 g/mol. The Balaban J connectivity index is 1.65. The van der Waals surface area contributed by atoms with Crippen LogP contribution in [-0.2, 0) is 20.6 Å². The Bertz CT molecular complexity index is 1160. The number of anilines is 2. The van der Waals surface area contributed by atoms with Crippen LogP contribution in [0.1, 0.15) is 18.1 Å². The topological polar surface area (TPSA) is 120 Å². The second-order valence-corrected chi connectivity index (χ2v) is 7.23. The van der Waals surface area contributed by atoms with Gasteiger partial charge in [-0.2, -0.15) is 18.4 Å². The Kier molecular flexibility index (Phi) is 6.23.